The summed E-state index contributed by atoms with van der Waals surface area (Å²) in [7, 11) is 1.41. The Labute approximate surface area is 115 Å². The first-order chi connectivity index (χ1) is 9.51. The lowest BCUT2D eigenvalue weighted by molar-refractivity contribution is -0.131. The quantitative estimate of drug-likeness (QED) is 0.845. The first-order valence-corrected chi connectivity index (χ1v) is 6.20. The molecule has 6 heteroatoms. The Bertz CT molecular complexity index is 570. The molecule has 0 bridgehead atoms. The van der Waals surface area contributed by atoms with Gasteiger partial charge in [0.2, 0.25) is 0 Å². The van der Waals surface area contributed by atoms with Crippen LogP contribution in [0.25, 0.3) is 0 Å². The molecule has 2 rings (SSSR count). The maximum Gasteiger partial charge on any atom is 0.254 e. The highest BCUT2D eigenvalue weighted by Gasteiger charge is 2.29. The van der Waals surface area contributed by atoms with E-state index in [0.29, 0.717) is 5.75 Å². The molecule has 0 saturated heterocycles. The van der Waals surface area contributed by atoms with Crippen LogP contribution >= 0.6 is 0 Å². The Balaban J connectivity index is 2.12. The number of hydrogen-bond donors (Lipinski definition) is 1. The average molecular weight is 279 g/mol. The van der Waals surface area contributed by atoms with E-state index >= 15 is 0 Å². The van der Waals surface area contributed by atoms with E-state index in [-0.39, 0.29) is 36.4 Å². The molecule has 5 nitrogen and oxygen atoms in total. The van der Waals surface area contributed by atoms with Crippen molar-refractivity contribution in [2.24, 2.45) is 0 Å². The van der Waals surface area contributed by atoms with E-state index in [0.717, 1.165) is 6.07 Å². The molecule has 0 aliphatic heterocycles. The maximum atomic E-state index is 13.6. The van der Waals surface area contributed by atoms with Gasteiger partial charge in [0.25, 0.3) is 5.91 Å². The number of rotatable bonds is 3. The van der Waals surface area contributed by atoms with Crippen LogP contribution in [0.2, 0.25) is 0 Å². The Morgan fingerprint density at radius 2 is 2.15 bits per heavy atom. The van der Waals surface area contributed by atoms with Crippen molar-refractivity contribution in [3.05, 3.63) is 29.6 Å². The van der Waals surface area contributed by atoms with Gasteiger partial charge in [-0.2, -0.15) is 0 Å². The van der Waals surface area contributed by atoms with Gasteiger partial charge < -0.3 is 10.1 Å². The number of benzene rings is 1. The summed E-state index contributed by atoms with van der Waals surface area (Å²) in [4.78, 5) is 34.7. The van der Waals surface area contributed by atoms with Crippen molar-refractivity contribution >= 4 is 17.5 Å². The minimum Gasteiger partial charge on any atom is -0.497 e. The van der Waals surface area contributed by atoms with Gasteiger partial charge in [-0.05, 0) is 24.6 Å². The third-order valence-corrected chi connectivity index (χ3v) is 3.20. The van der Waals surface area contributed by atoms with Gasteiger partial charge in [-0.3, -0.25) is 14.4 Å². The highest BCUT2D eigenvalue weighted by Crippen LogP contribution is 2.18. The van der Waals surface area contributed by atoms with Gasteiger partial charge in [0.15, 0.2) is 5.78 Å². The summed E-state index contributed by atoms with van der Waals surface area (Å²) in [6.07, 6.45) is 0.331. The lowest BCUT2D eigenvalue weighted by Crippen LogP contribution is -2.44. The van der Waals surface area contributed by atoms with Gasteiger partial charge in [-0.1, -0.05) is 0 Å². The summed E-state index contributed by atoms with van der Waals surface area (Å²) < 4.78 is 18.5. The maximum absolute atomic E-state index is 13.6. The molecule has 1 N–H and O–H groups in total. The second-order valence-corrected chi connectivity index (χ2v) is 4.59. The van der Waals surface area contributed by atoms with Crippen LogP contribution in [-0.2, 0) is 9.59 Å². The molecule has 1 atom stereocenters. The zero-order chi connectivity index (χ0) is 14.7. The largest absolute Gasteiger partial charge is 0.497 e. The molecule has 1 aliphatic rings. The summed E-state index contributed by atoms with van der Waals surface area (Å²) in [5.74, 6) is -1.50. The van der Waals surface area contributed by atoms with Crippen LogP contribution in [0.3, 0.4) is 0 Å². The number of ketones is 2. The number of ether oxygens (including phenoxy) is 1. The van der Waals surface area contributed by atoms with Crippen molar-refractivity contribution in [1.29, 1.82) is 0 Å². The van der Waals surface area contributed by atoms with Gasteiger partial charge in [-0.15, -0.1) is 0 Å². The van der Waals surface area contributed by atoms with Crippen molar-refractivity contribution in [3.63, 3.8) is 0 Å². The standard InChI is InChI=1S/C14H14FNO4/c1-20-9-3-4-11(15)10(7-9)14(19)16-12-5-2-8(17)6-13(12)18/h3-4,7,12H,2,5-6H2,1H3,(H,16,19). The third kappa shape index (κ3) is 3.01. The van der Waals surface area contributed by atoms with Crippen molar-refractivity contribution in [2.75, 3.05) is 7.11 Å². The van der Waals surface area contributed by atoms with Crippen molar-refractivity contribution in [3.8, 4) is 5.75 Å². The first kappa shape index (κ1) is 14.2. The molecule has 1 aromatic rings. The zero-order valence-corrected chi connectivity index (χ0v) is 10.9. The molecule has 0 heterocycles. The first-order valence-electron chi connectivity index (χ1n) is 6.20. The van der Waals surface area contributed by atoms with E-state index in [1.54, 1.807) is 0 Å². The topological polar surface area (TPSA) is 72.5 Å². The van der Waals surface area contributed by atoms with Crippen molar-refractivity contribution in [2.45, 2.75) is 25.3 Å². The van der Waals surface area contributed by atoms with Crippen molar-refractivity contribution in [1.82, 2.24) is 5.32 Å². The van der Waals surface area contributed by atoms with Crippen LogP contribution in [-0.4, -0.2) is 30.6 Å². The highest BCUT2D eigenvalue weighted by atomic mass is 19.1. The molecule has 1 amide bonds. The van der Waals surface area contributed by atoms with Crippen LogP contribution in [0, 0.1) is 5.82 Å². The smallest absolute Gasteiger partial charge is 0.254 e. The zero-order valence-electron chi connectivity index (χ0n) is 10.9. The van der Waals surface area contributed by atoms with E-state index in [1.165, 1.54) is 19.2 Å². The molecule has 0 radical (unpaired) electrons. The van der Waals surface area contributed by atoms with Crippen LogP contribution in [0.1, 0.15) is 29.6 Å². The summed E-state index contributed by atoms with van der Waals surface area (Å²) in [5.41, 5.74) is -0.186. The number of methoxy groups -OCH3 is 1. The normalized spacial score (nSPS) is 18.8. The molecular weight excluding hydrogens is 265 g/mol. The van der Waals surface area contributed by atoms with Crippen LogP contribution in [0.4, 0.5) is 4.39 Å². The van der Waals surface area contributed by atoms with Crippen LogP contribution in [0.15, 0.2) is 18.2 Å². The van der Waals surface area contributed by atoms with Gasteiger partial charge in [0.05, 0.1) is 25.1 Å². The molecule has 1 unspecified atom stereocenters. The summed E-state index contributed by atoms with van der Waals surface area (Å²) in [6.45, 7) is 0. The number of Topliss-reactive ketones (excluding diaryl/α,β-unsaturated/α-hetero) is 2. The number of carbonyl (C=O) groups is 3. The number of carbonyl (C=O) groups excluding carboxylic acids is 3. The lowest BCUT2D eigenvalue weighted by atomic mass is 9.93. The van der Waals surface area contributed by atoms with E-state index in [9.17, 15) is 18.8 Å². The average Bonchev–Trinajstić information content (AvgIpc) is 2.42. The fourth-order valence-corrected chi connectivity index (χ4v) is 2.07. The minimum atomic E-state index is -0.731. The Morgan fingerprint density at radius 1 is 1.40 bits per heavy atom. The predicted octanol–water partition coefficient (Wildman–Crippen LogP) is 1.25. The minimum absolute atomic E-state index is 0.131. The van der Waals surface area contributed by atoms with Gasteiger partial charge in [0.1, 0.15) is 17.3 Å². The van der Waals surface area contributed by atoms with E-state index in [1.807, 2.05) is 0 Å². The molecule has 20 heavy (non-hydrogen) atoms. The fourth-order valence-electron chi connectivity index (χ4n) is 2.07. The van der Waals surface area contributed by atoms with Crippen LogP contribution < -0.4 is 10.1 Å². The number of halogens is 1. The number of nitrogens with one attached hydrogen (secondary N) is 1. The Morgan fingerprint density at radius 3 is 2.80 bits per heavy atom. The molecule has 0 aromatic heterocycles. The van der Waals surface area contributed by atoms with E-state index < -0.39 is 17.8 Å². The van der Waals surface area contributed by atoms with Gasteiger partial charge in [0, 0.05) is 6.42 Å². The Hall–Kier alpha value is -2.24. The molecule has 1 fully saturated rings. The molecule has 1 aliphatic carbocycles. The summed E-state index contributed by atoms with van der Waals surface area (Å²) in [5, 5.41) is 2.46. The predicted molar refractivity (Wildman–Crippen MR) is 68.1 cm³/mol. The summed E-state index contributed by atoms with van der Waals surface area (Å²) >= 11 is 0. The SMILES string of the molecule is COc1ccc(F)c(C(=O)NC2CCC(=O)CC2=O)c1. The number of hydrogen-bond acceptors (Lipinski definition) is 4. The molecule has 106 valence electrons. The molecule has 1 aromatic carbocycles. The van der Waals surface area contributed by atoms with Crippen molar-refractivity contribution < 1.29 is 23.5 Å². The third-order valence-electron chi connectivity index (χ3n) is 3.20. The van der Waals surface area contributed by atoms with Crippen LogP contribution in [0.5, 0.6) is 5.75 Å². The molecular formula is C14H14FNO4. The highest BCUT2D eigenvalue weighted by molar-refractivity contribution is 6.06. The summed E-state index contributed by atoms with van der Waals surface area (Å²) in [6, 6.07) is 3.06. The number of amides is 1. The fraction of sp³-hybridized carbons (Fsp3) is 0.357. The van der Waals surface area contributed by atoms with E-state index in [4.69, 9.17) is 4.74 Å². The lowest BCUT2D eigenvalue weighted by Gasteiger charge is -2.21. The van der Waals surface area contributed by atoms with E-state index in [2.05, 4.69) is 5.32 Å². The Kier molecular flexibility index (Phi) is 4.12. The second kappa shape index (κ2) is 5.81. The second-order valence-electron chi connectivity index (χ2n) is 4.59. The monoisotopic (exact) mass is 279 g/mol. The molecule has 0 spiro atoms. The van der Waals surface area contributed by atoms with Gasteiger partial charge in [-0.25, -0.2) is 4.39 Å². The molecule has 1 saturated carbocycles. The van der Waals surface area contributed by atoms with Gasteiger partial charge >= 0.3 is 0 Å².